The van der Waals surface area contributed by atoms with Crippen molar-refractivity contribution in [2.24, 2.45) is 0 Å². The first-order valence-electron chi connectivity index (χ1n) is 8.61. The fraction of sp³-hybridized carbons (Fsp3) is 0.400. The molecular weight excluding hydrogens is 320 g/mol. The van der Waals surface area contributed by atoms with E-state index in [1.54, 1.807) is 0 Å². The van der Waals surface area contributed by atoms with E-state index in [0.717, 1.165) is 49.1 Å². The number of para-hydroxylation sites is 1. The summed E-state index contributed by atoms with van der Waals surface area (Å²) in [5.74, 6) is 0.910. The highest BCUT2D eigenvalue weighted by molar-refractivity contribution is 6.31. The van der Waals surface area contributed by atoms with E-state index in [-0.39, 0.29) is 0 Å². The minimum absolute atomic E-state index is 0.482. The lowest BCUT2D eigenvalue weighted by Gasteiger charge is -2.18. The second kappa shape index (κ2) is 10.3. The van der Waals surface area contributed by atoms with Gasteiger partial charge in [-0.15, -0.1) is 0 Å². The Morgan fingerprint density at radius 3 is 2.33 bits per heavy atom. The first-order chi connectivity index (χ1) is 11.7. The van der Waals surface area contributed by atoms with Gasteiger partial charge in [0.2, 0.25) is 0 Å². The van der Waals surface area contributed by atoms with Crippen molar-refractivity contribution >= 4 is 11.6 Å². The summed E-state index contributed by atoms with van der Waals surface area (Å²) in [6.07, 6.45) is 0. The Hall–Kier alpha value is -1.55. The number of benzene rings is 2. The molecule has 0 saturated carbocycles. The molecular formula is C20H27ClN2O. The van der Waals surface area contributed by atoms with Crippen molar-refractivity contribution in [2.45, 2.75) is 27.0 Å². The zero-order valence-electron chi connectivity index (χ0n) is 14.6. The second-order valence-electron chi connectivity index (χ2n) is 5.69. The number of likely N-dealkylation sites (N-methyl/N-ethyl adjacent to an activating group) is 1. The van der Waals surface area contributed by atoms with E-state index in [2.05, 4.69) is 30.1 Å². The van der Waals surface area contributed by atoms with Crippen molar-refractivity contribution in [2.75, 3.05) is 26.2 Å². The molecule has 0 atom stereocenters. The molecule has 1 N–H and O–H groups in total. The smallest absolute Gasteiger partial charge is 0.124 e. The van der Waals surface area contributed by atoms with Crippen molar-refractivity contribution in [3.05, 3.63) is 64.7 Å². The third-order valence-electron chi connectivity index (χ3n) is 4.13. The molecule has 0 aromatic heterocycles. The highest BCUT2D eigenvalue weighted by Gasteiger charge is 2.05. The van der Waals surface area contributed by atoms with Crippen LogP contribution in [0.2, 0.25) is 5.02 Å². The van der Waals surface area contributed by atoms with Gasteiger partial charge in [0.25, 0.3) is 0 Å². The number of nitrogens with zero attached hydrogens (tertiary/aromatic N) is 1. The van der Waals surface area contributed by atoms with Crippen molar-refractivity contribution in [1.29, 1.82) is 0 Å². The van der Waals surface area contributed by atoms with Crippen LogP contribution in [0.15, 0.2) is 48.5 Å². The average molecular weight is 347 g/mol. The van der Waals surface area contributed by atoms with Crippen LogP contribution in [-0.4, -0.2) is 31.1 Å². The summed E-state index contributed by atoms with van der Waals surface area (Å²) < 4.78 is 5.99. The number of hydrogen-bond acceptors (Lipinski definition) is 3. The molecule has 0 amide bonds. The van der Waals surface area contributed by atoms with Gasteiger partial charge in [0, 0.05) is 35.8 Å². The maximum Gasteiger partial charge on any atom is 0.124 e. The van der Waals surface area contributed by atoms with Gasteiger partial charge in [0.1, 0.15) is 12.4 Å². The van der Waals surface area contributed by atoms with E-state index >= 15 is 0 Å². The van der Waals surface area contributed by atoms with E-state index in [1.165, 1.54) is 5.56 Å². The van der Waals surface area contributed by atoms with Crippen LogP contribution in [0, 0.1) is 0 Å². The highest BCUT2D eigenvalue weighted by Crippen LogP contribution is 2.21. The molecule has 0 saturated heterocycles. The molecule has 0 aliphatic carbocycles. The SMILES string of the molecule is CCN(CC)CCNCc1ccccc1OCc1ccccc1Cl. The Morgan fingerprint density at radius 1 is 0.958 bits per heavy atom. The molecule has 2 aromatic rings. The lowest BCUT2D eigenvalue weighted by molar-refractivity contribution is 0.296. The van der Waals surface area contributed by atoms with E-state index in [1.807, 2.05) is 42.5 Å². The molecule has 0 radical (unpaired) electrons. The molecule has 0 spiro atoms. The number of ether oxygens (including phenoxy) is 1. The van der Waals surface area contributed by atoms with E-state index in [4.69, 9.17) is 16.3 Å². The minimum Gasteiger partial charge on any atom is -0.489 e. The molecule has 4 heteroatoms. The van der Waals surface area contributed by atoms with E-state index in [9.17, 15) is 0 Å². The Kier molecular flexibility index (Phi) is 8.10. The monoisotopic (exact) mass is 346 g/mol. The summed E-state index contributed by atoms with van der Waals surface area (Å²) in [4.78, 5) is 2.41. The van der Waals surface area contributed by atoms with Crippen LogP contribution in [0.25, 0.3) is 0 Å². The van der Waals surface area contributed by atoms with Crippen LogP contribution in [0.5, 0.6) is 5.75 Å². The van der Waals surface area contributed by atoms with Crippen molar-refractivity contribution in [1.82, 2.24) is 10.2 Å². The molecule has 0 bridgehead atoms. The molecule has 0 aliphatic rings. The van der Waals surface area contributed by atoms with Gasteiger partial charge in [0.05, 0.1) is 0 Å². The molecule has 0 fully saturated rings. The van der Waals surface area contributed by atoms with E-state index < -0.39 is 0 Å². The molecule has 0 aliphatic heterocycles. The standard InChI is InChI=1S/C20H27ClN2O/c1-3-23(4-2)14-13-22-15-17-9-6-8-12-20(17)24-16-18-10-5-7-11-19(18)21/h5-12,22H,3-4,13-16H2,1-2H3. The minimum atomic E-state index is 0.482. The van der Waals surface area contributed by atoms with Gasteiger partial charge in [-0.25, -0.2) is 0 Å². The van der Waals surface area contributed by atoms with Crippen LogP contribution in [0.4, 0.5) is 0 Å². The zero-order chi connectivity index (χ0) is 17.2. The van der Waals surface area contributed by atoms with Crippen LogP contribution in [-0.2, 0) is 13.2 Å². The molecule has 24 heavy (non-hydrogen) atoms. The lowest BCUT2D eigenvalue weighted by atomic mass is 10.2. The van der Waals surface area contributed by atoms with Crippen LogP contribution in [0.3, 0.4) is 0 Å². The molecule has 0 unspecified atom stereocenters. The van der Waals surface area contributed by atoms with Crippen molar-refractivity contribution in [3.63, 3.8) is 0 Å². The van der Waals surface area contributed by atoms with Gasteiger partial charge in [0.15, 0.2) is 0 Å². The maximum atomic E-state index is 6.19. The predicted molar refractivity (Wildman–Crippen MR) is 102 cm³/mol. The van der Waals surface area contributed by atoms with Gasteiger partial charge in [-0.1, -0.05) is 61.8 Å². The maximum absolute atomic E-state index is 6.19. The second-order valence-corrected chi connectivity index (χ2v) is 6.10. The number of nitrogens with one attached hydrogen (secondary N) is 1. The van der Waals surface area contributed by atoms with Crippen LogP contribution < -0.4 is 10.1 Å². The largest absolute Gasteiger partial charge is 0.489 e. The highest BCUT2D eigenvalue weighted by atomic mass is 35.5. The number of rotatable bonds is 10. The average Bonchev–Trinajstić information content (AvgIpc) is 2.62. The first kappa shape index (κ1) is 18.8. The normalized spacial score (nSPS) is 11.0. The Balaban J connectivity index is 1.87. The first-order valence-corrected chi connectivity index (χ1v) is 8.99. The Bertz CT molecular complexity index is 614. The molecule has 130 valence electrons. The summed E-state index contributed by atoms with van der Waals surface area (Å²) in [5.41, 5.74) is 2.17. The van der Waals surface area contributed by atoms with E-state index in [0.29, 0.717) is 6.61 Å². The fourth-order valence-corrected chi connectivity index (χ4v) is 2.75. The van der Waals surface area contributed by atoms with Crippen LogP contribution >= 0.6 is 11.6 Å². The number of halogens is 1. The topological polar surface area (TPSA) is 24.5 Å². The Labute approximate surface area is 150 Å². The summed E-state index contributed by atoms with van der Waals surface area (Å²) in [5, 5.41) is 4.25. The predicted octanol–water partition coefficient (Wildman–Crippen LogP) is 4.35. The fourth-order valence-electron chi connectivity index (χ4n) is 2.56. The Morgan fingerprint density at radius 2 is 1.62 bits per heavy atom. The van der Waals surface area contributed by atoms with Crippen LogP contribution in [0.1, 0.15) is 25.0 Å². The summed E-state index contributed by atoms with van der Waals surface area (Å²) in [6.45, 7) is 9.90. The number of hydrogen-bond donors (Lipinski definition) is 1. The molecule has 2 rings (SSSR count). The third kappa shape index (κ3) is 5.82. The van der Waals surface area contributed by atoms with Gasteiger partial charge in [-0.2, -0.15) is 0 Å². The van der Waals surface area contributed by atoms with Gasteiger partial charge < -0.3 is 15.0 Å². The summed E-state index contributed by atoms with van der Waals surface area (Å²) in [6, 6.07) is 16.0. The van der Waals surface area contributed by atoms with Crippen molar-refractivity contribution < 1.29 is 4.74 Å². The molecule has 3 nitrogen and oxygen atoms in total. The lowest BCUT2D eigenvalue weighted by Crippen LogP contribution is -2.31. The summed E-state index contributed by atoms with van der Waals surface area (Å²) in [7, 11) is 0. The zero-order valence-corrected chi connectivity index (χ0v) is 15.4. The molecule has 2 aromatic carbocycles. The van der Waals surface area contributed by atoms with Gasteiger partial charge in [-0.05, 0) is 25.2 Å². The van der Waals surface area contributed by atoms with Gasteiger partial charge >= 0.3 is 0 Å². The van der Waals surface area contributed by atoms with Gasteiger partial charge in [-0.3, -0.25) is 0 Å². The third-order valence-corrected chi connectivity index (χ3v) is 4.50. The van der Waals surface area contributed by atoms with Crippen molar-refractivity contribution in [3.8, 4) is 5.75 Å². The summed E-state index contributed by atoms with van der Waals surface area (Å²) >= 11 is 6.19. The molecule has 0 heterocycles. The quantitative estimate of drug-likeness (QED) is 0.647.